The Labute approximate surface area is 173 Å². The standard InChI is InChI=1S/C23H22N2O3S/c1-2-19-14-20(22(24)27)23(29-19)25-21(26)12-11-16-9-6-10-18(13-16)28-15-17-7-4-3-5-8-17/h3-14H,2,15H2,1H3,(H2,24,27)(H,25,26)/b12-11+. The van der Waals surface area contributed by atoms with Gasteiger partial charge in [0, 0.05) is 11.0 Å². The van der Waals surface area contributed by atoms with Crippen molar-refractivity contribution in [2.75, 3.05) is 5.32 Å². The Kier molecular flexibility index (Phi) is 6.81. The van der Waals surface area contributed by atoms with Gasteiger partial charge in [0.1, 0.15) is 17.4 Å². The van der Waals surface area contributed by atoms with E-state index in [0.29, 0.717) is 17.2 Å². The first kappa shape index (κ1) is 20.4. The molecule has 0 aliphatic carbocycles. The number of carbonyl (C=O) groups excluding carboxylic acids is 2. The van der Waals surface area contributed by atoms with Crippen molar-refractivity contribution in [3.63, 3.8) is 0 Å². The van der Waals surface area contributed by atoms with Gasteiger partial charge < -0.3 is 15.8 Å². The summed E-state index contributed by atoms with van der Waals surface area (Å²) in [5.41, 5.74) is 7.65. The lowest BCUT2D eigenvalue weighted by Gasteiger charge is -2.07. The van der Waals surface area contributed by atoms with Crippen molar-refractivity contribution >= 4 is 34.2 Å². The van der Waals surface area contributed by atoms with Crippen LogP contribution in [0, 0.1) is 0 Å². The highest BCUT2D eigenvalue weighted by atomic mass is 32.1. The summed E-state index contributed by atoms with van der Waals surface area (Å²) >= 11 is 1.36. The summed E-state index contributed by atoms with van der Waals surface area (Å²) in [5.74, 6) is -0.158. The molecule has 0 atom stereocenters. The number of hydrogen-bond acceptors (Lipinski definition) is 4. The molecular formula is C23H22N2O3S. The largest absolute Gasteiger partial charge is 0.489 e. The summed E-state index contributed by atoms with van der Waals surface area (Å²) < 4.78 is 5.81. The summed E-state index contributed by atoms with van der Waals surface area (Å²) in [6.45, 7) is 2.46. The number of benzene rings is 2. The van der Waals surface area contributed by atoms with E-state index in [4.69, 9.17) is 10.5 Å². The topological polar surface area (TPSA) is 81.4 Å². The number of rotatable bonds is 8. The number of thiophene rings is 1. The van der Waals surface area contributed by atoms with Gasteiger partial charge in [-0.1, -0.05) is 49.4 Å². The molecule has 1 heterocycles. The van der Waals surface area contributed by atoms with Crippen molar-refractivity contribution in [3.8, 4) is 5.75 Å². The van der Waals surface area contributed by atoms with Crippen LogP contribution in [0.15, 0.2) is 66.7 Å². The molecule has 1 aromatic heterocycles. The van der Waals surface area contributed by atoms with Crippen LogP contribution >= 0.6 is 11.3 Å². The molecule has 5 nitrogen and oxygen atoms in total. The highest BCUT2D eigenvalue weighted by Gasteiger charge is 2.14. The zero-order chi connectivity index (χ0) is 20.6. The van der Waals surface area contributed by atoms with E-state index in [0.717, 1.165) is 28.2 Å². The lowest BCUT2D eigenvalue weighted by atomic mass is 10.2. The van der Waals surface area contributed by atoms with Crippen molar-refractivity contribution in [1.82, 2.24) is 0 Å². The molecule has 0 radical (unpaired) electrons. The Morgan fingerprint density at radius 1 is 1.10 bits per heavy atom. The Morgan fingerprint density at radius 3 is 2.62 bits per heavy atom. The van der Waals surface area contributed by atoms with E-state index in [-0.39, 0.29) is 5.91 Å². The highest BCUT2D eigenvalue weighted by molar-refractivity contribution is 7.16. The first-order chi connectivity index (χ1) is 14.0. The van der Waals surface area contributed by atoms with Gasteiger partial charge in [-0.05, 0) is 41.8 Å². The monoisotopic (exact) mass is 406 g/mol. The number of aryl methyl sites for hydroxylation is 1. The van der Waals surface area contributed by atoms with Crippen LogP contribution in [0.1, 0.15) is 33.3 Å². The van der Waals surface area contributed by atoms with Gasteiger partial charge in [-0.15, -0.1) is 11.3 Å². The smallest absolute Gasteiger partial charge is 0.251 e. The third-order valence-electron chi connectivity index (χ3n) is 4.17. The van der Waals surface area contributed by atoms with Gasteiger partial charge in [0.25, 0.3) is 5.91 Å². The van der Waals surface area contributed by atoms with E-state index >= 15 is 0 Å². The van der Waals surface area contributed by atoms with Gasteiger partial charge in [-0.3, -0.25) is 9.59 Å². The molecule has 0 unspecified atom stereocenters. The van der Waals surface area contributed by atoms with Crippen LogP contribution in [-0.2, 0) is 17.8 Å². The molecule has 0 bridgehead atoms. The molecule has 3 rings (SSSR count). The summed E-state index contributed by atoms with van der Waals surface area (Å²) in [6.07, 6.45) is 3.89. The fourth-order valence-corrected chi connectivity index (χ4v) is 3.67. The molecule has 148 valence electrons. The number of hydrogen-bond donors (Lipinski definition) is 2. The first-order valence-corrected chi connectivity index (χ1v) is 10.0. The molecule has 0 fully saturated rings. The molecule has 3 aromatic rings. The second-order valence-corrected chi connectivity index (χ2v) is 7.48. The molecule has 2 aromatic carbocycles. The van der Waals surface area contributed by atoms with E-state index < -0.39 is 5.91 Å². The highest BCUT2D eigenvalue weighted by Crippen LogP contribution is 2.28. The third kappa shape index (κ3) is 5.80. The van der Waals surface area contributed by atoms with Crippen LogP contribution in [0.4, 0.5) is 5.00 Å². The van der Waals surface area contributed by atoms with Crippen LogP contribution in [0.25, 0.3) is 6.08 Å². The molecule has 0 saturated carbocycles. The van der Waals surface area contributed by atoms with Gasteiger partial charge >= 0.3 is 0 Å². The fraction of sp³-hybridized carbons (Fsp3) is 0.130. The first-order valence-electron chi connectivity index (χ1n) is 9.23. The van der Waals surface area contributed by atoms with Crippen molar-refractivity contribution in [3.05, 3.63) is 88.3 Å². The summed E-state index contributed by atoms with van der Waals surface area (Å²) in [4.78, 5) is 24.8. The normalized spacial score (nSPS) is 10.8. The zero-order valence-electron chi connectivity index (χ0n) is 16.1. The molecule has 2 amide bonds. The second-order valence-electron chi connectivity index (χ2n) is 6.34. The minimum atomic E-state index is -0.552. The molecule has 0 aliphatic rings. The van der Waals surface area contributed by atoms with Crippen LogP contribution in [0.5, 0.6) is 5.75 Å². The number of carbonyl (C=O) groups is 2. The fourth-order valence-electron chi connectivity index (χ4n) is 2.67. The Balaban J connectivity index is 1.63. The number of primary amides is 1. The van der Waals surface area contributed by atoms with Crippen molar-refractivity contribution in [1.29, 1.82) is 0 Å². The van der Waals surface area contributed by atoms with Crippen LogP contribution in [0.3, 0.4) is 0 Å². The van der Waals surface area contributed by atoms with E-state index in [1.165, 1.54) is 17.4 Å². The van der Waals surface area contributed by atoms with Crippen molar-refractivity contribution in [2.45, 2.75) is 20.0 Å². The van der Waals surface area contributed by atoms with E-state index in [2.05, 4.69) is 5.32 Å². The summed E-state index contributed by atoms with van der Waals surface area (Å²) in [6, 6.07) is 19.1. The Hall–Kier alpha value is -3.38. The van der Waals surface area contributed by atoms with Crippen LogP contribution in [-0.4, -0.2) is 11.8 Å². The molecule has 29 heavy (non-hydrogen) atoms. The maximum absolute atomic E-state index is 12.3. The number of ether oxygens (including phenoxy) is 1. The third-order valence-corrected chi connectivity index (χ3v) is 5.36. The van der Waals surface area contributed by atoms with E-state index in [9.17, 15) is 9.59 Å². The summed E-state index contributed by atoms with van der Waals surface area (Å²) in [5, 5.41) is 3.21. The van der Waals surface area contributed by atoms with Gasteiger partial charge in [-0.2, -0.15) is 0 Å². The second kappa shape index (κ2) is 9.71. The number of amides is 2. The number of nitrogens with one attached hydrogen (secondary N) is 1. The predicted molar refractivity (Wildman–Crippen MR) is 117 cm³/mol. The van der Waals surface area contributed by atoms with Gasteiger partial charge in [0.2, 0.25) is 5.91 Å². The van der Waals surface area contributed by atoms with Crippen molar-refractivity contribution < 1.29 is 14.3 Å². The summed E-state index contributed by atoms with van der Waals surface area (Å²) in [7, 11) is 0. The van der Waals surface area contributed by atoms with Crippen LogP contribution < -0.4 is 15.8 Å². The maximum Gasteiger partial charge on any atom is 0.251 e. The Bertz CT molecular complexity index is 1030. The quantitative estimate of drug-likeness (QED) is 0.535. The van der Waals surface area contributed by atoms with Gasteiger partial charge in [-0.25, -0.2) is 0 Å². The molecule has 3 N–H and O–H groups in total. The maximum atomic E-state index is 12.3. The average molecular weight is 407 g/mol. The Morgan fingerprint density at radius 2 is 1.90 bits per heavy atom. The number of nitrogens with two attached hydrogens (primary N) is 1. The molecule has 0 spiro atoms. The zero-order valence-corrected chi connectivity index (χ0v) is 16.9. The molecule has 0 aliphatic heterocycles. The molecule has 0 saturated heterocycles. The van der Waals surface area contributed by atoms with Crippen molar-refractivity contribution in [2.24, 2.45) is 5.73 Å². The lowest BCUT2D eigenvalue weighted by molar-refractivity contribution is -0.111. The average Bonchev–Trinajstić information content (AvgIpc) is 3.15. The molecular weight excluding hydrogens is 384 g/mol. The van der Waals surface area contributed by atoms with Gasteiger partial charge in [0.05, 0.1) is 5.56 Å². The molecule has 6 heteroatoms. The predicted octanol–water partition coefficient (Wildman–Crippen LogP) is 4.64. The minimum absolute atomic E-state index is 0.326. The van der Waals surface area contributed by atoms with Gasteiger partial charge in [0.15, 0.2) is 0 Å². The van der Waals surface area contributed by atoms with E-state index in [1.54, 1.807) is 12.1 Å². The lowest BCUT2D eigenvalue weighted by Crippen LogP contribution is -2.14. The van der Waals surface area contributed by atoms with Crippen LogP contribution in [0.2, 0.25) is 0 Å². The van der Waals surface area contributed by atoms with E-state index in [1.807, 2.05) is 61.5 Å². The number of anilines is 1. The SMILES string of the molecule is CCc1cc(C(N)=O)c(NC(=O)/C=C/c2cccc(OCc3ccccc3)c2)s1. The minimum Gasteiger partial charge on any atom is -0.489 e.